The topological polar surface area (TPSA) is 0 Å². The van der Waals surface area contributed by atoms with Crippen molar-refractivity contribution in [2.24, 2.45) is 0 Å². The Morgan fingerprint density at radius 1 is 1.25 bits per heavy atom. The summed E-state index contributed by atoms with van der Waals surface area (Å²) in [4.78, 5) is 0. The third-order valence-corrected chi connectivity index (χ3v) is 1.91. The van der Waals surface area contributed by atoms with Crippen LogP contribution in [0, 0.1) is 0 Å². The third-order valence-electron chi connectivity index (χ3n) is 1.91. The van der Waals surface area contributed by atoms with E-state index >= 15 is 0 Å². The van der Waals surface area contributed by atoms with Gasteiger partial charge in [0.2, 0.25) is 0 Å². The van der Waals surface area contributed by atoms with Gasteiger partial charge in [0.05, 0.1) is 0 Å². The Balaban J connectivity index is 2.29. The minimum absolute atomic E-state index is 1.15. The van der Waals surface area contributed by atoms with Gasteiger partial charge in [-0.05, 0) is 31.7 Å². The first-order valence-electron chi connectivity index (χ1n) is 4.47. The van der Waals surface area contributed by atoms with Crippen LogP contribution in [0.3, 0.4) is 0 Å². The molecule has 0 heterocycles. The predicted octanol–water partition coefficient (Wildman–Crippen LogP) is 3.59. The molecular weight excluding hydrogens is 144 g/mol. The summed E-state index contributed by atoms with van der Waals surface area (Å²) in [6.45, 7) is 5.97. The molecule has 1 rings (SSSR count). The standard InChI is InChI=1S/C12H16/c1-11(2)7-6-10-12-8-4-3-5-9-12/h3-5,8-9H,1,6-7,10H2,2H3. The minimum Gasteiger partial charge on any atom is -0.100 e. The Hall–Kier alpha value is -1.04. The number of aryl methyl sites for hydroxylation is 1. The zero-order valence-electron chi connectivity index (χ0n) is 7.72. The van der Waals surface area contributed by atoms with Gasteiger partial charge in [0.25, 0.3) is 0 Å². The summed E-state index contributed by atoms with van der Waals surface area (Å²) < 4.78 is 0. The molecule has 0 atom stereocenters. The van der Waals surface area contributed by atoms with Crippen LogP contribution in [0.25, 0.3) is 0 Å². The van der Waals surface area contributed by atoms with Crippen LogP contribution in [0.4, 0.5) is 0 Å². The van der Waals surface area contributed by atoms with Gasteiger partial charge in [-0.3, -0.25) is 0 Å². The summed E-state index contributed by atoms with van der Waals surface area (Å²) >= 11 is 0. The van der Waals surface area contributed by atoms with Crippen LogP contribution in [-0.2, 0) is 6.42 Å². The predicted molar refractivity (Wildman–Crippen MR) is 54.2 cm³/mol. The van der Waals surface area contributed by atoms with Gasteiger partial charge in [-0.15, -0.1) is 6.58 Å². The maximum absolute atomic E-state index is 3.89. The third kappa shape index (κ3) is 3.38. The summed E-state index contributed by atoms with van der Waals surface area (Å²) in [5.74, 6) is 0. The number of rotatable bonds is 4. The van der Waals surface area contributed by atoms with Gasteiger partial charge >= 0.3 is 0 Å². The SMILES string of the molecule is C=C(C)CCCc1ccccc1. The first kappa shape index (κ1) is 9.05. The van der Waals surface area contributed by atoms with Crippen molar-refractivity contribution in [1.82, 2.24) is 0 Å². The van der Waals surface area contributed by atoms with Gasteiger partial charge in [0.15, 0.2) is 0 Å². The highest BCUT2D eigenvalue weighted by atomic mass is 14.0. The van der Waals surface area contributed by atoms with Crippen molar-refractivity contribution in [2.45, 2.75) is 26.2 Å². The van der Waals surface area contributed by atoms with E-state index in [2.05, 4.69) is 43.8 Å². The fraction of sp³-hybridized carbons (Fsp3) is 0.333. The van der Waals surface area contributed by atoms with Gasteiger partial charge in [-0.1, -0.05) is 35.9 Å². The van der Waals surface area contributed by atoms with E-state index in [1.807, 2.05) is 0 Å². The van der Waals surface area contributed by atoms with E-state index in [-0.39, 0.29) is 0 Å². The summed E-state index contributed by atoms with van der Waals surface area (Å²) in [6, 6.07) is 10.6. The monoisotopic (exact) mass is 160 g/mol. The average molecular weight is 160 g/mol. The van der Waals surface area contributed by atoms with E-state index in [9.17, 15) is 0 Å². The molecule has 1 aromatic rings. The zero-order chi connectivity index (χ0) is 8.81. The average Bonchev–Trinajstić information content (AvgIpc) is 2.05. The van der Waals surface area contributed by atoms with Crippen molar-refractivity contribution in [3.05, 3.63) is 48.0 Å². The fourth-order valence-corrected chi connectivity index (χ4v) is 1.24. The first-order valence-corrected chi connectivity index (χ1v) is 4.47. The van der Waals surface area contributed by atoms with Crippen molar-refractivity contribution in [2.75, 3.05) is 0 Å². The van der Waals surface area contributed by atoms with Crippen molar-refractivity contribution < 1.29 is 0 Å². The Labute approximate surface area is 74.9 Å². The molecule has 0 bridgehead atoms. The molecule has 0 amide bonds. The van der Waals surface area contributed by atoms with Crippen molar-refractivity contribution >= 4 is 0 Å². The molecule has 0 radical (unpaired) electrons. The Morgan fingerprint density at radius 2 is 1.92 bits per heavy atom. The lowest BCUT2D eigenvalue weighted by atomic mass is 10.1. The summed E-state index contributed by atoms with van der Waals surface area (Å²) in [5.41, 5.74) is 2.71. The molecular formula is C12H16. The Morgan fingerprint density at radius 3 is 2.50 bits per heavy atom. The molecule has 12 heavy (non-hydrogen) atoms. The number of benzene rings is 1. The highest BCUT2D eigenvalue weighted by Crippen LogP contribution is 2.07. The molecule has 0 N–H and O–H groups in total. The number of hydrogen-bond donors (Lipinski definition) is 0. The van der Waals surface area contributed by atoms with E-state index in [1.54, 1.807) is 0 Å². The second kappa shape index (κ2) is 4.76. The molecule has 0 aliphatic carbocycles. The van der Waals surface area contributed by atoms with E-state index in [0.29, 0.717) is 0 Å². The van der Waals surface area contributed by atoms with E-state index in [1.165, 1.54) is 24.0 Å². The molecule has 0 heteroatoms. The lowest BCUT2D eigenvalue weighted by molar-refractivity contribution is 0.814. The first-order chi connectivity index (χ1) is 5.79. The van der Waals surface area contributed by atoms with Crippen LogP contribution in [-0.4, -0.2) is 0 Å². The minimum atomic E-state index is 1.15. The van der Waals surface area contributed by atoms with Gasteiger partial charge in [0, 0.05) is 0 Å². The van der Waals surface area contributed by atoms with E-state index in [4.69, 9.17) is 0 Å². The van der Waals surface area contributed by atoms with Crippen LogP contribution in [0.5, 0.6) is 0 Å². The molecule has 0 saturated heterocycles. The normalized spacial score (nSPS) is 9.75. The van der Waals surface area contributed by atoms with Crippen molar-refractivity contribution in [3.8, 4) is 0 Å². The molecule has 64 valence electrons. The summed E-state index contributed by atoms with van der Waals surface area (Å²) in [5, 5.41) is 0. The van der Waals surface area contributed by atoms with Gasteiger partial charge in [-0.2, -0.15) is 0 Å². The highest BCUT2D eigenvalue weighted by Gasteiger charge is 1.91. The molecule has 1 aromatic carbocycles. The fourth-order valence-electron chi connectivity index (χ4n) is 1.24. The molecule has 0 unspecified atom stereocenters. The van der Waals surface area contributed by atoms with Crippen LogP contribution in [0.15, 0.2) is 42.5 Å². The zero-order valence-corrected chi connectivity index (χ0v) is 7.72. The highest BCUT2D eigenvalue weighted by molar-refractivity contribution is 5.14. The second-order valence-electron chi connectivity index (χ2n) is 3.30. The van der Waals surface area contributed by atoms with E-state index in [0.717, 1.165) is 6.42 Å². The number of hydrogen-bond acceptors (Lipinski definition) is 0. The number of allylic oxidation sites excluding steroid dienone is 1. The molecule has 0 spiro atoms. The Kier molecular flexibility index (Phi) is 3.59. The van der Waals surface area contributed by atoms with Gasteiger partial charge in [0.1, 0.15) is 0 Å². The van der Waals surface area contributed by atoms with Crippen molar-refractivity contribution in [3.63, 3.8) is 0 Å². The van der Waals surface area contributed by atoms with E-state index < -0.39 is 0 Å². The molecule has 0 saturated carbocycles. The lowest BCUT2D eigenvalue weighted by Gasteiger charge is -2.00. The van der Waals surface area contributed by atoms with Crippen LogP contribution in [0.2, 0.25) is 0 Å². The molecule has 0 aliphatic rings. The maximum atomic E-state index is 3.89. The molecule has 0 fully saturated rings. The lowest BCUT2D eigenvalue weighted by Crippen LogP contribution is -1.84. The van der Waals surface area contributed by atoms with Crippen LogP contribution in [0.1, 0.15) is 25.3 Å². The summed E-state index contributed by atoms with van der Waals surface area (Å²) in [6.07, 6.45) is 3.54. The maximum Gasteiger partial charge on any atom is -0.0276 e. The van der Waals surface area contributed by atoms with Crippen LogP contribution >= 0.6 is 0 Å². The Bertz CT molecular complexity index is 233. The molecule has 0 aromatic heterocycles. The van der Waals surface area contributed by atoms with Gasteiger partial charge < -0.3 is 0 Å². The molecule has 0 aliphatic heterocycles. The summed E-state index contributed by atoms with van der Waals surface area (Å²) in [7, 11) is 0. The van der Waals surface area contributed by atoms with Crippen molar-refractivity contribution in [1.29, 1.82) is 0 Å². The van der Waals surface area contributed by atoms with Crippen LogP contribution < -0.4 is 0 Å². The second-order valence-corrected chi connectivity index (χ2v) is 3.30. The smallest absolute Gasteiger partial charge is 0.0276 e. The largest absolute Gasteiger partial charge is 0.100 e. The van der Waals surface area contributed by atoms with Gasteiger partial charge in [-0.25, -0.2) is 0 Å². The molecule has 0 nitrogen and oxygen atoms in total. The quantitative estimate of drug-likeness (QED) is 0.590.